The van der Waals surface area contributed by atoms with Crippen LogP contribution in [0.25, 0.3) is 0 Å². The van der Waals surface area contributed by atoms with E-state index in [0.717, 1.165) is 11.3 Å². The van der Waals surface area contributed by atoms with E-state index < -0.39 is 14.6 Å². The molecule has 17 heavy (non-hydrogen) atoms. The molecule has 0 aliphatic heterocycles. The van der Waals surface area contributed by atoms with Crippen molar-refractivity contribution in [2.24, 2.45) is 5.73 Å². The van der Waals surface area contributed by atoms with Crippen LogP contribution in [0.4, 0.5) is 0 Å². The molecule has 0 aliphatic rings. The number of sulfone groups is 1. The Labute approximate surface area is 108 Å². The van der Waals surface area contributed by atoms with Crippen LogP contribution in [0, 0.1) is 0 Å². The summed E-state index contributed by atoms with van der Waals surface area (Å²) >= 11 is 1.71. The number of rotatable bonds is 5. The number of nitrogens with two attached hydrogens (primary N) is 1. The molecular formula is C12H21NO2S2. The van der Waals surface area contributed by atoms with E-state index in [1.54, 1.807) is 25.2 Å². The summed E-state index contributed by atoms with van der Waals surface area (Å²) in [6.07, 6.45) is 2.87. The van der Waals surface area contributed by atoms with E-state index >= 15 is 0 Å². The van der Waals surface area contributed by atoms with Crippen molar-refractivity contribution in [2.45, 2.75) is 44.4 Å². The summed E-state index contributed by atoms with van der Waals surface area (Å²) in [6, 6.07) is 3.75. The Kier molecular flexibility index (Phi) is 4.38. The van der Waals surface area contributed by atoms with Crippen molar-refractivity contribution in [3.63, 3.8) is 0 Å². The van der Waals surface area contributed by atoms with Gasteiger partial charge < -0.3 is 5.73 Å². The second-order valence-corrected chi connectivity index (χ2v) is 8.76. The van der Waals surface area contributed by atoms with Crippen LogP contribution in [0.15, 0.2) is 12.1 Å². The van der Waals surface area contributed by atoms with Gasteiger partial charge in [0.2, 0.25) is 0 Å². The molecule has 3 nitrogen and oxygen atoms in total. The minimum Gasteiger partial charge on any atom is -0.326 e. The summed E-state index contributed by atoms with van der Waals surface area (Å²) in [5, 5.41) is 0. The van der Waals surface area contributed by atoms with E-state index in [9.17, 15) is 8.42 Å². The third kappa shape index (κ3) is 3.30. The molecule has 0 bridgehead atoms. The lowest BCUT2D eigenvalue weighted by Crippen LogP contribution is -2.49. The fourth-order valence-electron chi connectivity index (χ4n) is 1.46. The number of hydrogen-bond acceptors (Lipinski definition) is 4. The predicted octanol–water partition coefficient (Wildman–Crippen LogP) is 2.00. The van der Waals surface area contributed by atoms with E-state index in [1.807, 2.05) is 6.07 Å². The van der Waals surface area contributed by atoms with Crippen LogP contribution in [0.5, 0.6) is 0 Å². The molecule has 1 atom stereocenters. The molecule has 0 aromatic carbocycles. The fourth-order valence-corrected chi connectivity index (χ4v) is 3.11. The van der Waals surface area contributed by atoms with Gasteiger partial charge in [0, 0.05) is 22.1 Å². The zero-order valence-electron chi connectivity index (χ0n) is 10.9. The highest BCUT2D eigenvalue weighted by Crippen LogP contribution is 2.25. The second kappa shape index (κ2) is 5.08. The topological polar surface area (TPSA) is 60.2 Å². The first-order valence-corrected chi connectivity index (χ1v) is 8.42. The fraction of sp³-hybridized carbons (Fsp3) is 0.667. The van der Waals surface area contributed by atoms with Gasteiger partial charge in [-0.2, -0.15) is 0 Å². The zero-order chi connectivity index (χ0) is 13.3. The van der Waals surface area contributed by atoms with E-state index in [0.29, 0.717) is 6.42 Å². The average Bonchev–Trinajstić information content (AvgIpc) is 2.63. The molecule has 1 aromatic heterocycles. The molecule has 1 heterocycles. The standard InChI is InChI=1S/C12H21NO2S2/c1-5-9-6-7-10(16-9)8-11(13)12(2,3)17(4,14)15/h6-7,11H,5,8,13H2,1-4H3. The second-order valence-electron chi connectivity index (χ2n) is 4.91. The highest BCUT2D eigenvalue weighted by atomic mass is 32.2. The molecule has 98 valence electrons. The number of aryl methyl sites for hydroxylation is 1. The highest BCUT2D eigenvalue weighted by Gasteiger charge is 2.36. The van der Waals surface area contributed by atoms with Gasteiger partial charge >= 0.3 is 0 Å². The van der Waals surface area contributed by atoms with E-state index in [4.69, 9.17) is 5.73 Å². The lowest BCUT2D eigenvalue weighted by atomic mass is 10.0. The SMILES string of the molecule is CCc1ccc(CC(N)C(C)(C)S(C)(=O)=O)s1. The third-order valence-electron chi connectivity index (χ3n) is 3.34. The van der Waals surface area contributed by atoms with Crippen molar-refractivity contribution in [3.05, 3.63) is 21.9 Å². The molecular weight excluding hydrogens is 254 g/mol. The molecule has 0 radical (unpaired) electrons. The van der Waals surface area contributed by atoms with E-state index in [1.165, 1.54) is 11.1 Å². The van der Waals surface area contributed by atoms with Crippen molar-refractivity contribution in [3.8, 4) is 0 Å². The first kappa shape index (κ1) is 14.7. The molecule has 0 fully saturated rings. The van der Waals surface area contributed by atoms with Crippen molar-refractivity contribution in [2.75, 3.05) is 6.26 Å². The smallest absolute Gasteiger partial charge is 0.154 e. The Morgan fingerprint density at radius 1 is 1.35 bits per heavy atom. The molecule has 5 heteroatoms. The lowest BCUT2D eigenvalue weighted by molar-refractivity contribution is 0.484. The Morgan fingerprint density at radius 2 is 1.88 bits per heavy atom. The summed E-state index contributed by atoms with van der Waals surface area (Å²) in [5.74, 6) is 0. The van der Waals surface area contributed by atoms with Gasteiger partial charge in [-0.1, -0.05) is 6.92 Å². The number of thiophene rings is 1. The maximum atomic E-state index is 11.7. The van der Waals surface area contributed by atoms with Crippen molar-refractivity contribution < 1.29 is 8.42 Å². The highest BCUT2D eigenvalue weighted by molar-refractivity contribution is 7.92. The molecule has 2 N–H and O–H groups in total. The molecule has 1 unspecified atom stereocenters. The largest absolute Gasteiger partial charge is 0.326 e. The molecule has 0 saturated carbocycles. The summed E-state index contributed by atoms with van der Waals surface area (Å²) in [4.78, 5) is 2.47. The van der Waals surface area contributed by atoms with Crippen molar-refractivity contribution in [1.29, 1.82) is 0 Å². The summed E-state index contributed by atoms with van der Waals surface area (Å²) in [7, 11) is -3.14. The van der Waals surface area contributed by atoms with Gasteiger partial charge in [0.05, 0.1) is 4.75 Å². The van der Waals surface area contributed by atoms with Gasteiger partial charge in [0.15, 0.2) is 9.84 Å². The van der Waals surface area contributed by atoms with Crippen LogP contribution >= 0.6 is 11.3 Å². The summed E-state index contributed by atoms with van der Waals surface area (Å²) in [5.41, 5.74) is 6.05. The minimum atomic E-state index is -3.14. The lowest BCUT2D eigenvalue weighted by Gasteiger charge is -2.29. The van der Waals surface area contributed by atoms with E-state index in [2.05, 4.69) is 13.0 Å². The number of hydrogen-bond donors (Lipinski definition) is 1. The van der Waals surface area contributed by atoms with Gasteiger partial charge in [-0.15, -0.1) is 11.3 Å². The van der Waals surface area contributed by atoms with Gasteiger partial charge in [-0.3, -0.25) is 0 Å². The first-order chi connectivity index (χ1) is 7.68. The third-order valence-corrected chi connectivity index (χ3v) is 6.80. The quantitative estimate of drug-likeness (QED) is 0.894. The monoisotopic (exact) mass is 275 g/mol. The maximum Gasteiger partial charge on any atom is 0.154 e. The van der Waals surface area contributed by atoms with Gasteiger partial charge in [0.25, 0.3) is 0 Å². The molecule has 1 aromatic rings. The normalized spacial score (nSPS) is 14.9. The van der Waals surface area contributed by atoms with Crippen LogP contribution in [0.2, 0.25) is 0 Å². The van der Waals surface area contributed by atoms with Crippen molar-refractivity contribution >= 4 is 21.2 Å². The zero-order valence-corrected chi connectivity index (χ0v) is 12.5. The van der Waals surface area contributed by atoms with Gasteiger partial charge in [-0.05, 0) is 38.8 Å². The predicted molar refractivity (Wildman–Crippen MR) is 74.3 cm³/mol. The van der Waals surface area contributed by atoms with Crippen molar-refractivity contribution in [1.82, 2.24) is 0 Å². The molecule has 1 rings (SSSR count). The average molecular weight is 275 g/mol. The molecule has 0 spiro atoms. The summed E-state index contributed by atoms with van der Waals surface area (Å²) in [6.45, 7) is 5.50. The molecule has 0 aliphatic carbocycles. The Hall–Kier alpha value is -0.390. The van der Waals surface area contributed by atoms with Gasteiger partial charge in [-0.25, -0.2) is 8.42 Å². The van der Waals surface area contributed by atoms with Crippen LogP contribution in [0.3, 0.4) is 0 Å². The maximum absolute atomic E-state index is 11.7. The molecule has 0 amide bonds. The van der Waals surface area contributed by atoms with E-state index in [-0.39, 0.29) is 6.04 Å². The first-order valence-electron chi connectivity index (χ1n) is 5.71. The van der Waals surface area contributed by atoms with Gasteiger partial charge in [0.1, 0.15) is 0 Å². The Bertz CT molecular complexity index is 474. The summed E-state index contributed by atoms with van der Waals surface area (Å²) < 4.78 is 22.5. The Balaban J connectivity index is 2.82. The van der Waals surface area contributed by atoms with Crippen LogP contribution in [0.1, 0.15) is 30.5 Å². The van der Waals surface area contributed by atoms with Crippen LogP contribution in [-0.2, 0) is 22.7 Å². The minimum absolute atomic E-state index is 0.374. The Morgan fingerprint density at radius 3 is 2.29 bits per heavy atom. The molecule has 0 saturated heterocycles. The van der Waals surface area contributed by atoms with Crippen LogP contribution < -0.4 is 5.73 Å². The van der Waals surface area contributed by atoms with Crippen LogP contribution in [-0.4, -0.2) is 25.5 Å².